The zero-order valence-electron chi connectivity index (χ0n) is 10.5. The molecular weight excluding hydrogens is 335 g/mol. The van der Waals surface area contributed by atoms with E-state index in [2.05, 4.69) is 26.0 Å². The van der Waals surface area contributed by atoms with Gasteiger partial charge in [-0.05, 0) is 43.1 Å². The zero-order valence-corrected chi connectivity index (χ0v) is 12.9. The fourth-order valence-corrected chi connectivity index (χ4v) is 3.73. The van der Waals surface area contributed by atoms with E-state index in [0.29, 0.717) is 10.9 Å². The molecule has 2 N–H and O–H groups in total. The topological polar surface area (TPSA) is 58.2 Å². The molecule has 106 valence electrons. The normalized spacial score (nSPS) is 23.7. The Hall–Kier alpha value is -0.500. The molecule has 0 radical (unpaired) electrons. The number of benzene rings is 1. The quantitative estimate of drug-likeness (QED) is 0.863. The first kappa shape index (κ1) is 14.9. The molecule has 0 spiro atoms. The summed E-state index contributed by atoms with van der Waals surface area (Å²) in [6.07, 6.45) is 2.49. The molecule has 1 fully saturated rings. The van der Waals surface area contributed by atoms with E-state index >= 15 is 0 Å². The lowest BCUT2D eigenvalue weighted by Crippen LogP contribution is -2.44. The van der Waals surface area contributed by atoms with Gasteiger partial charge in [0, 0.05) is 16.6 Å². The van der Waals surface area contributed by atoms with Crippen molar-refractivity contribution >= 4 is 26.0 Å². The summed E-state index contributed by atoms with van der Waals surface area (Å²) in [6, 6.07) is 4.57. The van der Waals surface area contributed by atoms with Crippen molar-refractivity contribution in [2.24, 2.45) is 0 Å². The maximum Gasteiger partial charge on any atom is 0.209 e. The van der Waals surface area contributed by atoms with E-state index in [1.807, 2.05) is 6.07 Å². The van der Waals surface area contributed by atoms with Gasteiger partial charge in [0.25, 0.3) is 0 Å². The Morgan fingerprint density at radius 2 is 2.21 bits per heavy atom. The Morgan fingerprint density at radius 3 is 2.84 bits per heavy atom. The lowest BCUT2D eigenvalue weighted by molar-refractivity contribution is 0.493. The number of rotatable bonds is 4. The lowest BCUT2D eigenvalue weighted by atomic mass is 10.0. The second-order valence-corrected chi connectivity index (χ2v) is 7.52. The van der Waals surface area contributed by atoms with Crippen molar-refractivity contribution in [1.82, 2.24) is 10.0 Å². The van der Waals surface area contributed by atoms with Crippen molar-refractivity contribution in [2.45, 2.75) is 24.9 Å². The second kappa shape index (κ2) is 5.87. The van der Waals surface area contributed by atoms with E-state index in [1.54, 1.807) is 0 Å². The first-order valence-corrected chi connectivity index (χ1v) is 8.67. The average Bonchev–Trinajstić information content (AvgIpc) is 2.61. The summed E-state index contributed by atoms with van der Waals surface area (Å²) in [7, 11) is -3.22. The molecule has 1 aliphatic rings. The van der Waals surface area contributed by atoms with Crippen LogP contribution < -0.4 is 10.0 Å². The highest BCUT2D eigenvalue weighted by atomic mass is 79.9. The number of hydrogen-bond donors (Lipinski definition) is 2. The summed E-state index contributed by atoms with van der Waals surface area (Å²) in [5, 5.41) is 3.25. The third kappa shape index (κ3) is 4.52. The highest BCUT2D eigenvalue weighted by Gasteiger charge is 2.29. The molecular formula is C12H16BrFN2O2S. The molecule has 0 amide bonds. The molecule has 19 heavy (non-hydrogen) atoms. The van der Waals surface area contributed by atoms with Gasteiger partial charge in [0.15, 0.2) is 0 Å². The molecule has 1 aromatic rings. The van der Waals surface area contributed by atoms with Gasteiger partial charge in [-0.1, -0.05) is 15.9 Å². The Morgan fingerprint density at radius 1 is 1.47 bits per heavy atom. The highest BCUT2D eigenvalue weighted by Crippen LogP contribution is 2.19. The highest BCUT2D eigenvalue weighted by molar-refractivity contribution is 9.10. The second-order valence-electron chi connectivity index (χ2n) is 4.83. The van der Waals surface area contributed by atoms with Gasteiger partial charge in [0.1, 0.15) is 5.82 Å². The van der Waals surface area contributed by atoms with Crippen LogP contribution in [0.4, 0.5) is 4.39 Å². The third-order valence-electron chi connectivity index (χ3n) is 3.09. The van der Waals surface area contributed by atoms with Gasteiger partial charge >= 0.3 is 0 Å². The van der Waals surface area contributed by atoms with Crippen molar-refractivity contribution in [3.63, 3.8) is 0 Å². The van der Waals surface area contributed by atoms with E-state index in [4.69, 9.17) is 0 Å². The minimum atomic E-state index is -3.22. The van der Waals surface area contributed by atoms with Crippen LogP contribution in [-0.4, -0.2) is 33.3 Å². The summed E-state index contributed by atoms with van der Waals surface area (Å²) >= 11 is 3.25. The maximum atomic E-state index is 13.3. The van der Waals surface area contributed by atoms with Crippen LogP contribution >= 0.6 is 15.9 Å². The number of nitrogens with one attached hydrogen (secondary N) is 2. The van der Waals surface area contributed by atoms with Crippen LogP contribution in [0.3, 0.4) is 0 Å². The molecule has 0 aliphatic carbocycles. The Kier molecular flexibility index (Phi) is 4.60. The predicted octanol–water partition coefficient (Wildman–Crippen LogP) is 1.41. The number of halogens is 2. The molecule has 7 heteroatoms. The molecule has 1 heterocycles. The summed E-state index contributed by atoms with van der Waals surface area (Å²) in [5.74, 6) is -0.296. The van der Waals surface area contributed by atoms with Crippen molar-refractivity contribution in [3.05, 3.63) is 34.1 Å². The SMILES string of the molecule is CS(=O)(=O)N[C@@H]1CCN[C@@H]1Cc1cc(F)cc(Br)c1. The molecule has 1 aliphatic heterocycles. The van der Waals surface area contributed by atoms with Gasteiger partial charge in [-0.15, -0.1) is 0 Å². The van der Waals surface area contributed by atoms with Crippen molar-refractivity contribution < 1.29 is 12.8 Å². The van der Waals surface area contributed by atoms with Gasteiger partial charge < -0.3 is 5.32 Å². The van der Waals surface area contributed by atoms with Crippen LogP contribution in [0, 0.1) is 5.82 Å². The Labute approximate surface area is 121 Å². The van der Waals surface area contributed by atoms with Crippen LogP contribution in [0.2, 0.25) is 0 Å². The minimum Gasteiger partial charge on any atom is -0.312 e. The van der Waals surface area contributed by atoms with E-state index in [0.717, 1.165) is 24.8 Å². The summed E-state index contributed by atoms with van der Waals surface area (Å²) in [6.45, 7) is 0.758. The molecule has 0 unspecified atom stereocenters. The molecule has 0 aromatic heterocycles. The van der Waals surface area contributed by atoms with Crippen molar-refractivity contribution in [1.29, 1.82) is 0 Å². The van der Waals surface area contributed by atoms with Crippen LogP contribution in [0.15, 0.2) is 22.7 Å². The number of hydrogen-bond acceptors (Lipinski definition) is 3. The molecule has 0 saturated carbocycles. The molecule has 2 rings (SSSR count). The fraction of sp³-hybridized carbons (Fsp3) is 0.500. The Balaban J connectivity index is 2.09. The molecule has 0 bridgehead atoms. The van der Waals surface area contributed by atoms with E-state index in [9.17, 15) is 12.8 Å². The van der Waals surface area contributed by atoms with Crippen LogP contribution in [0.1, 0.15) is 12.0 Å². The largest absolute Gasteiger partial charge is 0.312 e. The van der Waals surface area contributed by atoms with Gasteiger partial charge in [-0.25, -0.2) is 17.5 Å². The minimum absolute atomic E-state index is 0.0107. The van der Waals surface area contributed by atoms with Crippen LogP contribution in [0.25, 0.3) is 0 Å². The van der Waals surface area contributed by atoms with E-state index < -0.39 is 10.0 Å². The zero-order chi connectivity index (χ0) is 14.0. The lowest BCUT2D eigenvalue weighted by Gasteiger charge is -2.20. The predicted molar refractivity (Wildman–Crippen MR) is 76.0 cm³/mol. The van der Waals surface area contributed by atoms with Crippen molar-refractivity contribution in [2.75, 3.05) is 12.8 Å². The maximum absolute atomic E-state index is 13.3. The molecule has 1 saturated heterocycles. The molecule has 4 nitrogen and oxygen atoms in total. The van der Waals surface area contributed by atoms with Crippen molar-refractivity contribution in [3.8, 4) is 0 Å². The summed E-state index contributed by atoms with van der Waals surface area (Å²) in [5.41, 5.74) is 0.839. The molecule has 2 atom stereocenters. The third-order valence-corrected chi connectivity index (χ3v) is 4.28. The first-order valence-electron chi connectivity index (χ1n) is 5.99. The van der Waals surface area contributed by atoms with Gasteiger partial charge in [0.2, 0.25) is 10.0 Å². The van der Waals surface area contributed by atoms with Gasteiger partial charge in [0.05, 0.1) is 6.26 Å². The first-order chi connectivity index (χ1) is 8.83. The van der Waals surface area contributed by atoms with Gasteiger partial charge in [-0.2, -0.15) is 0 Å². The summed E-state index contributed by atoms with van der Waals surface area (Å²) < 4.78 is 39.2. The van der Waals surface area contributed by atoms with Gasteiger partial charge in [-0.3, -0.25) is 0 Å². The average molecular weight is 351 g/mol. The van der Waals surface area contributed by atoms with E-state index in [-0.39, 0.29) is 17.9 Å². The fourth-order valence-electron chi connectivity index (χ4n) is 2.38. The smallest absolute Gasteiger partial charge is 0.209 e. The molecule has 1 aromatic carbocycles. The Bertz CT molecular complexity index is 545. The van der Waals surface area contributed by atoms with Crippen LogP contribution in [-0.2, 0) is 16.4 Å². The number of sulfonamides is 1. The van der Waals surface area contributed by atoms with Crippen LogP contribution in [0.5, 0.6) is 0 Å². The summed E-state index contributed by atoms with van der Waals surface area (Å²) in [4.78, 5) is 0. The standard InChI is InChI=1S/C12H16BrFN2O2S/c1-19(17,18)16-11-2-3-15-12(11)6-8-4-9(13)7-10(14)5-8/h4-5,7,11-12,15-16H,2-3,6H2,1H3/t11-,12-/m1/s1. The van der Waals surface area contributed by atoms with E-state index in [1.165, 1.54) is 12.1 Å². The monoisotopic (exact) mass is 350 g/mol.